The minimum Gasteiger partial charge on any atom is -0.370 e. The van der Waals surface area contributed by atoms with Gasteiger partial charge >= 0.3 is 12.8 Å². The third-order valence-corrected chi connectivity index (χ3v) is 3.61. The highest BCUT2D eigenvalue weighted by Gasteiger charge is 2.35. The van der Waals surface area contributed by atoms with Gasteiger partial charge in [-0.25, -0.2) is 4.98 Å². The van der Waals surface area contributed by atoms with Crippen molar-refractivity contribution in [3.8, 4) is 0 Å². The predicted octanol–water partition coefficient (Wildman–Crippen LogP) is 3.98. The summed E-state index contributed by atoms with van der Waals surface area (Å²) in [5.74, 6) is -0.399. The number of alkyl halides is 5. The summed E-state index contributed by atoms with van der Waals surface area (Å²) in [6, 6.07) is -0.472. The number of anilines is 3. The Morgan fingerprint density at radius 3 is 2.56 bits per heavy atom. The summed E-state index contributed by atoms with van der Waals surface area (Å²) in [4.78, 5) is 7.56. The molecule has 0 aliphatic rings. The molecule has 1 atom stereocenters. The standard InChI is InChI=1S/C15H19F5N6O/c1-4-21-12-10(15(18,19)20)5-22-14(25-12)24-11-6-23-26(9(11)3)8(2)7-27-13(16)17/h5-6,8,13H,4,7H2,1-3H3,(H2,21,22,24,25). The molecule has 0 spiro atoms. The van der Waals surface area contributed by atoms with Gasteiger partial charge < -0.3 is 15.4 Å². The summed E-state index contributed by atoms with van der Waals surface area (Å²) in [5.41, 5.74) is 0.0232. The highest BCUT2D eigenvalue weighted by Crippen LogP contribution is 2.34. The fraction of sp³-hybridized carbons (Fsp3) is 0.533. The molecule has 0 bridgehead atoms. The van der Waals surface area contributed by atoms with Gasteiger partial charge in [0.25, 0.3) is 0 Å². The van der Waals surface area contributed by atoms with E-state index in [4.69, 9.17) is 0 Å². The molecule has 27 heavy (non-hydrogen) atoms. The minimum absolute atomic E-state index is 0.0573. The minimum atomic E-state index is -4.59. The maximum atomic E-state index is 13.0. The third-order valence-electron chi connectivity index (χ3n) is 3.61. The van der Waals surface area contributed by atoms with Crippen molar-refractivity contribution in [3.63, 3.8) is 0 Å². The van der Waals surface area contributed by atoms with E-state index in [1.165, 1.54) is 10.9 Å². The summed E-state index contributed by atoms with van der Waals surface area (Å²) in [6.07, 6.45) is -2.49. The lowest BCUT2D eigenvalue weighted by atomic mass is 10.3. The van der Waals surface area contributed by atoms with Crippen LogP contribution >= 0.6 is 0 Å². The summed E-state index contributed by atoms with van der Waals surface area (Å²) < 4.78 is 69.0. The van der Waals surface area contributed by atoms with E-state index in [1.54, 1.807) is 20.8 Å². The smallest absolute Gasteiger partial charge is 0.370 e. The Bertz CT molecular complexity index is 764. The molecular weight excluding hydrogens is 375 g/mol. The molecule has 0 fully saturated rings. The van der Waals surface area contributed by atoms with E-state index in [9.17, 15) is 22.0 Å². The highest BCUT2D eigenvalue weighted by molar-refractivity contribution is 5.58. The van der Waals surface area contributed by atoms with Crippen LogP contribution in [0, 0.1) is 6.92 Å². The molecule has 0 aliphatic carbocycles. The fourth-order valence-electron chi connectivity index (χ4n) is 2.35. The van der Waals surface area contributed by atoms with Gasteiger partial charge in [0.05, 0.1) is 30.2 Å². The zero-order valence-electron chi connectivity index (χ0n) is 14.8. The first-order chi connectivity index (χ1) is 12.6. The Hall–Kier alpha value is -2.50. The van der Waals surface area contributed by atoms with E-state index in [1.807, 2.05) is 0 Å². The van der Waals surface area contributed by atoms with Crippen molar-refractivity contribution < 1.29 is 26.7 Å². The van der Waals surface area contributed by atoms with Gasteiger partial charge in [-0.1, -0.05) is 0 Å². The number of hydrogen-bond donors (Lipinski definition) is 2. The van der Waals surface area contributed by atoms with E-state index < -0.39 is 24.4 Å². The number of nitrogens with zero attached hydrogens (tertiary/aromatic N) is 4. The second-order valence-corrected chi connectivity index (χ2v) is 5.64. The highest BCUT2D eigenvalue weighted by atomic mass is 19.4. The Labute approximate surface area is 151 Å². The average Bonchev–Trinajstić information content (AvgIpc) is 2.93. The van der Waals surface area contributed by atoms with E-state index >= 15 is 0 Å². The lowest BCUT2D eigenvalue weighted by Gasteiger charge is -2.15. The van der Waals surface area contributed by atoms with Gasteiger partial charge in [-0.2, -0.15) is 32.0 Å². The predicted molar refractivity (Wildman–Crippen MR) is 88.1 cm³/mol. The topological polar surface area (TPSA) is 76.9 Å². The Morgan fingerprint density at radius 2 is 1.96 bits per heavy atom. The second-order valence-electron chi connectivity index (χ2n) is 5.64. The lowest BCUT2D eigenvalue weighted by Crippen LogP contribution is -2.17. The van der Waals surface area contributed by atoms with Crippen LogP contribution in [0.1, 0.15) is 31.1 Å². The van der Waals surface area contributed by atoms with Crippen molar-refractivity contribution >= 4 is 17.5 Å². The van der Waals surface area contributed by atoms with Crippen molar-refractivity contribution in [2.24, 2.45) is 0 Å². The van der Waals surface area contributed by atoms with E-state index in [-0.39, 0.29) is 24.9 Å². The van der Waals surface area contributed by atoms with Crippen LogP contribution in [0.4, 0.5) is 39.4 Å². The van der Waals surface area contributed by atoms with Gasteiger partial charge in [0, 0.05) is 12.7 Å². The van der Waals surface area contributed by atoms with Crippen molar-refractivity contribution in [1.29, 1.82) is 0 Å². The van der Waals surface area contributed by atoms with Gasteiger partial charge in [-0.05, 0) is 20.8 Å². The van der Waals surface area contributed by atoms with Gasteiger partial charge in [0.15, 0.2) is 0 Å². The van der Waals surface area contributed by atoms with Crippen LogP contribution in [0.5, 0.6) is 0 Å². The summed E-state index contributed by atoms with van der Waals surface area (Å²) >= 11 is 0. The first kappa shape index (κ1) is 20.8. The summed E-state index contributed by atoms with van der Waals surface area (Å²) in [6.45, 7) is 2.07. The van der Waals surface area contributed by atoms with Gasteiger partial charge in [0.1, 0.15) is 11.4 Å². The maximum Gasteiger partial charge on any atom is 0.421 e. The third kappa shape index (κ3) is 5.25. The fourth-order valence-corrected chi connectivity index (χ4v) is 2.35. The molecule has 2 N–H and O–H groups in total. The average molecular weight is 394 g/mol. The van der Waals surface area contributed by atoms with Crippen LogP contribution in [0.3, 0.4) is 0 Å². The van der Waals surface area contributed by atoms with Crippen LogP contribution in [0.25, 0.3) is 0 Å². The molecule has 0 saturated carbocycles. The van der Waals surface area contributed by atoms with Crippen molar-refractivity contribution in [3.05, 3.63) is 23.7 Å². The van der Waals surface area contributed by atoms with Crippen molar-refractivity contribution in [2.75, 3.05) is 23.8 Å². The first-order valence-corrected chi connectivity index (χ1v) is 8.02. The number of nitrogens with one attached hydrogen (secondary N) is 2. The van der Waals surface area contributed by atoms with Crippen LogP contribution in [0.15, 0.2) is 12.4 Å². The zero-order chi connectivity index (χ0) is 20.2. The molecule has 0 radical (unpaired) electrons. The quantitative estimate of drug-likeness (QED) is 0.660. The molecular formula is C15H19F5N6O. The van der Waals surface area contributed by atoms with E-state index in [0.717, 1.165) is 0 Å². The molecule has 2 rings (SSSR count). The molecule has 7 nitrogen and oxygen atoms in total. The molecule has 0 aromatic carbocycles. The molecule has 2 aromatic rings. The second kappa shape index (κ2) is 8.46. The van der Waals surface area contributed by atoms with Crippen molar-refractivity contribution in [2.45, 2.75) is 39.6 Å². The Morgan fingerprint density at radius 1 is 1.26 bits per heavy atom. The van der Waals surface area contributed by atoms with Gasteiger partial charge in [-0.3, -0.25) is 4.68 Å². The molecule has 150 valence electrons. The number of ether oxygens (including phenoxy) is 1. The number of halogens is 5. The van der Waals surface area contributed by atoms with Crippen molar-refractivity contribution in [1.82, 2.24) is 19.7 Å². The normalized spacial score (nSPS) is 13.1. The van der Waals surface area contributed by atoms with Gasteiger partial charge in [-0.15, -0.1) is 0 Å². The number of hydrogen-bond acceptors (Lipinski definition) is 6. The van der Waals surface area contributed by atoms with Crippen LogP contribution in [0.2, 0.25) is 0 Å². The van der Waals surface area contributed by atoms with Crippen LogP contribution < -0.4 is 10.6 Å². The molecule has 0 aliphatic heterocycles. The molecule has 0 saturated heterocycles. The maximum absolute atomic E-state index is 13.0. The van der Waals surface area contributed by atoms with Crippen LogP contribution in [-0.4, -0.2) is 39.5 Å². The first-order valence-electron chi connectivity index (χ1n) is 8.02. The molecule has 2 heterocycles. The molecule has 1 unspecified atom stereocenters. The molecule has 0 amide bonds. The Kier molecular flexibility index (Phi) is 6.52. The largest absolute Gasteiger partial charge is 0.421 e. The Balaban J connectivity index is 2.21. The number of aromatic nitrogens is 4. The molecule has 2 aromatic heterocycles. The van der Waals surface area contributed by atoms with E-state index in [2.05, 4.69) is 30.4 Å². The SMILES string of the molecule is CCNc1nc(Nc2cnn(C(C)COC(F)F)c2C)ncc1C(F)(F)F. The lowest BCUT2D eigenvalue weighted by molar-refractivity contribution is -0.137. The zero-order valence-corrected chi connectivity index (χ0v) is 14.8. The van der Waals surface area contributed by atoms with E-state index in [0.29, 0.717) is 17.6 Å². The number of rotatable bonds is 8. The van der Waals surface area contributed by atoms with Gasteiger partial charge in [0.2, 0.25) is 5.95 Å². The summed E-state index contributed by atoms with van der Waals surface area (Å²) in [7, 11) is 0. The molecule has 12 heteroatoms. The van der Waals surface area contributed by atoms with Crippen LogP contribution in [-0.2, 0) is 10.9 Å². The monoisotopic (exact) mass is 394 g/mol. The summed E-state index contributed by atoms with van der Waals surface area (Å²) in [5, 5.41) is 9.43.